The van der Waals surface area contributed by atoms with Gasteiger partial charge in [0.25, 0.3) is 0 Å². The number of aliphatic imine (C=N–C) groups is 1. The Labute approximate surface area is 206 Å². The number of imidazole rings is 1. The molecule has 0 aliphatic carbocycles. The first-order chi connectivity index (χ1) is 16.4. The molecule has 1 unspecified atom stereocenters. The molecule has 2 atom stereocenters. The number of hydrogen-bond donors (Lipinski definition) is 1. The Bertz CT molecular complexity index is 1180. The van der Waals surface area contributed by atoms with E-state index in [4.69, 9.17) is 19.6 Å². The van der Waals surface area contributed by atoms with Crippen LogP contribution in [0.1, 0.15) is 55.0 Å². The Kier molecular flexibility index (Phi) is 7.87. The molecule has 0 fully saturated rings. The van der Waals surface area contributed by atoms with E-state index < -0.39 is 6.29 Å². The SMILES string of the molecule is Cc1cnc2n1-c1ccc(Br)cc1C(c1ccccn1)=N[C@H]2CCC(=O)OCCCOC(C)O. The van der Waals surface area contributed by atoms with E-state index in [-0.39, 0.29) is 25.0 Å². The van der Waals surface area contributed by atoms with Crippen molar-refractivity contribution in [2.75, 3.05) is 13.2 Å². The van der Waals surface area contributed by atoms with Crippen molar-refractivity contribution in [3.05, 3.63) is 76.0 Å². The summed E-state index contributed by atoms with van der Waals surface area (Å²) in [7, 11) is 0. The van der Waals surface area contributed by atoms with E-state index in [9.17, 15) is 4.79 Å². The van der Waals surface area contributed by atoms with Gasteiger partial charge in [-0.15, -0.1) is 0 Å². The van der Waals surface area contributed by atoms with E-state index in [1.165, 1.54) is 0 Å². The lowest BCUT2D eigenvalue weighted by Crippen LogP contribution is -2.13. The van der Waals surface area contributed by atoms with Crippen LogP contribution in [0.25, 0.3) is 5.69 Å². The van der Waals surface area contributed by atoms with Gasteiger partial charge in [0.2, 0.25) is 0 Å². The summed E-state index contributed by atoms with van der Waals surface area (Å²) in [6, 6.07) is 11.5. The Morgan fingerprint density at radius 3 is 2.85 bits per heavy atom. The molecule has 0 spiro atoms. The van der Waals surface area contributed by atoms with Crippen LogP contribution in [-0.2, 0) is 14.3 Å². The molecule has 3 aromatic rings. The van der Waals surface area contributed by atoms with Crippen molar-refractivity contribution >= 4 is 27.6 Å². The molecule has 8 nitrogen and oxygen atoms in total. The van der Waals surface area contributed by atoms with Crippen molar-refractivity contribution in [1.82, 2.24) is 14.5 Å². The Morgan fingerprint density at radius 1 is 1.24 bits per heavy atom. The van der Waals surface area contributed by atoms with Gasteiger partial charge < -0.3 is 14.6 Å². The first-order valence-corrected chi connectivity index (χ1v) is 12.0. The number of esters is 1. The molecule has 34 heavy (non-hydrogen) atoms. The van der Waals surface area contributed by atoms with Crippen molar-refractivity contribution in [1.29, 1.82) is 0 Å². The molecule has 1 aliphatic rings. The lowest BCUT2D eigenvalue weighted by atomic mass is 10.0. The molecule has 1 N–H and O–H groups in total. The van der Waals surface area contributed by atoms with Gasteiger partial charge in [-0.25, -0.2) is 4.98 Å². The molecule has 4 rings (SSSR count). The number of benzene rings is 1. The standard InChI is InChI=1S/C25H27BrN4O4/c1-16-15-28-25-21(8-10-23(32)34-13-5-12-33-17(2)31)29-24(20-6-3-4-11-27-20)19-14-18(26)7-9-22(19)30(16)25/h3-4,6-7,9,11,14-15,17,21,31H,5,8,10,12-13H2,1-2H3/t17?,21-/m0/s1. The van der Waals surface area contributed by atoms with E-state index >= 15 is 0 Å². The van der Waals surface area contributed by atoms with E-state index in [0.29, 0.717) is 19.4 Å². The highest BCUT2D eigenvalue weighted by atomic mass is 79.9. The van der Waals surface area contributed by atoms with Crippen LogP contribution in [0.3, 0.4) is 0 Å². The molecule has 0 amide bonds. The molecular weight excluding hydrogens is 500 g/mol. The quantitative estimate of drug-likeness (QED) is 0.253. The van der Waals surface area contributed by atoms with Gasteiger partial charge in [-0.05, 0) is 50.6 Å². The third kappa shape index (κ3) is 5.60. The zero-order valence-electron chi connectivity index (χ0n) is 19.1. The number of nitrogens with zero attached hydrogens (tertiary/aromatic N) is 4. The molecule has 0 bridgehead atoms. The number of carbonyl (C=O) groups is 1. The van der Waals surface area contributed by atoms with Crippen LogP contribution in [0.15, 0.2) is 58.3 Å². The number of ether oxygens (including phenoxy) is 2. The maximum atomic E-state index is 12.4. The second kappa shape index (κ2) is 11.0. The molecule has 0 radical (unpaired) electrons. The molecule has 9 heteroatoms. The maximum absolute atomic E-state index is 12.4. The number of hydrogen-bond acceptors (Lipinski definition) is 7. The molecule has 3 heterocycles. The molecule has 1 aliphatic heterocycles. The Morgan fingerprint density at radius 2 is 2.09 bits per heavy atom. The van der Waals surface area contributed by atoms with Crippen molar-refractivity contribution in [3.63, 3.8) is 0 Å². The van der Waals surface area contributed by atoms with Gasteiger partial charge in [-0.1, -0.05) is 22.0 Å². The number of aryl methyl sites for hydroxylation is 1. The Balaban J connectivity index is 1.59. The van der Waals surface area contributed by atoms with Crippen molar-refractivity contribution in [3.8, 4) is 5.69 Å². The van der Waals surface area contributed by atoms with Crippen LogP contribution < -0.4 is 0 Å². The van der Waals surface area contributed by atoms with Crippen LogP contribution in [0, 0.1) is 6.92 Å². The van der Waals surface area contributed by atoms with Gasteiger partial charge in [0.15, 0.2) is 6.29 Å². The lowest BCUT2D eigenvalue weighted by Gasteiger charge is -2.14. The first kappa shape index (κ1) is 24.3. The summed E-state index contributed by atoms with van der Waals surface area (Å²) >= 11 is 3.59. The normalized spacial score (nSPS) is 15.6. The maximum Gasteiger partial charge on any atom is 0.305 e. The molecule has 2 aromatic heterocycles. The number of halogens is 1. The van der Waals surface area contributed by atoms with E-state index in [1.54, 1.807) is 13.1 Å². The van der Waals surface area contributed by atoms with Crippen LogP contribution >= 0.6 is 15.9 Å². The van der Waals surface area contributed by atoms with Crippen molar-refractivity contribution in [2.45, 2.75) is 45.4 Å². The third-order valence-corrected chi connectivity index (χ3v) is 5.94. The summed E-state index contributed by atoms with van der Waals surface area (Å²) in [5.74, 6) is 0.483. The first-order valence-electron chi connectivity index (χ1n) is 11.2. The largest absolute Gasteiger partial charge is 0.466 e. The highest BCUT2D eigenvalue weighted by Gasteiger charge is 2.28. The fraction of sp³-hybridized carbons (Fsp3) is 0.360. The van der Waals surface area contributed by atoms with Crippen LogP contribution in [0.4, 0.5) is 0 Å². The van der Waals surface area contributed by atoms with E-state index in [1.807, 2.05) is 49.5 Å². The lowest BCUT2D eigenvalue weighted by molar-refractivity contribution is -0.145. The van der Waals surface area contributed by atoms with E-state index in [2.05, 4.69) is 30.5 Å². The predicted molar refractivity (Wildman–Crippen MR) is 131 cm³/mol. The van der Waals surface area contributed by atoms with E-state index in [0.717, 1.165) is 38.6 Å². The molecule has 0 saturated carbocycles. The minimum Gasteiger partial charge on any atom is -0.466 e. The van der Waals surface area contributed by atoms with Crippen LogP contribution in [0.5, 0.6) is 0 Å². The summed E-state index contributed by atoms with van der Waals surface area (Å²) in [5, 5.41) is 9.12. The molecule has 1 aromatic carbocycles. The average molecular weight is 527 g/mol. The highest BCUT2D eigenvalue weighted by molar-refractivity contribution is 9.10. The summed E-state index contributed by atoms with van der Waals surface area (Å²) in [4.78, 5) is 26.7. The summed E-state index contributed by atoms with van der Waals surface area (Å²) < 4.78 is 13.4. The molecule has 0 saturated heterocycles. The number of aliphatic hydroxyl groups excluding tert-OH is 1. The van der Waals surface area contributed by atoms with Crippen molar-refractivity contribution < 1.29 is 19.4 Å². The molecule has 178 valence electrons. The minimum atomic E-state index is -0.825. The second-order valence-corrected chi connectivity index (χ2v) is 8.96. The number of fused-ring (bicyclic) bond motifs is 3. The number of aromatic nitrogens is 3. The second-order valence-electron chi connectivity index (χ2n) is 8.05. The number of carbonyl (C=O) groups excluding carboxylic acids is 1. The van der Waals surface area contributed by atoms with Gasteiger partial charge in [-0.2, -0.15) is 0 Å². The highest BCUT2D eigenvalue weighted by Crippen LogP contribution is 2.34. The van der Waals surface area contributed by atoms with Crippen molar-refractivity contribution in [2.24, 2.45) is 4.99 Å². The van der Waals surface area contributed by atoms with Crippen LogP contribution in [-0.4, -0.2) is 50.8 Å². The fourth-order valence-corrected chi connectivity index (χ4v) is 4.27. The average Bonchev–Trinajstić information content (AvgIpc) is 3.13. The molecular formula is C25H27BrN4O4. The summed E-state index contributed by atoms with van der Waals surface area (Å²) in [6.07, 6.45) is 3.93. The van der Waals surface area contributed by atoms with Crippen LogP contribution in [0.2, 0.25) is 0 Å². The summed E-state index contributed by atoms with van der Waals surface area (Å²) in [6.45, 7) is 4.12. The zero-order valence-corrected chi connectivity index (χ0v) is 20.7. The smallest absolute Gasteiger partial charge is 0.305 e. The minimum absolute atomic E-state index is 0.201. The number of rotatable bonds is 9. The predicted octanol–water partition coefficient (Wildman–Crippen LogP) is 4.30. The van der Waals surface area contributed by atoms with Gasteiger partial charge in [0.05, 0.1) is 30.3 Å². The third-order valence-electron chi connectivity index (χ3n) is 5.44. The summed E-state index contributed by atoms with van der Waals surface area (Å²) in [5.41, 5.74) is 4.42. The van der Waals surface area contributed by atoms with Gasteiger partial charge in [0, 0.05) is 41.0 Å². The fourth-order valence-electron chi connectivity index (χ4n) is 3.91. The monoisotopic (exact) mass is 526 g/mol. The van der Waals surface area contributed by atoms with Gasteiger partial charge >= 0.3 is 5.97 Å². The zero-order chi connectivity index (χ0) is 24.1. The van der Waals surface area contributed by atoms with Gasteiger partial charge in [0.1, 0.15) is 11.9 Å². The topological polar surface area (TPSA) is 98.8 Å². The van der Waals surface area contributed by atoms with Gasteiger partial charge in [-0.3, -0.25) is 19.3 Å². The number of pyridine rings is 1. The Hall–Kier alpha value is -2.88. The number of aliphatic hydroxyl groups is 1.